The van der Waals surface area contributed by atoms with Crippen molar-refractivity contribution in [3.8, 4) is 16.5 Å². The van der Waals surface area contributed by atoms with Crippen LogP contribution in [-0.2, 0) is 22.4 Å². The number of carbonyl (C=O) groups is 2. The van der Waals surface area contributed by atoms with Gasteiger partial charge in [0.2, 0.25) is 11.8 Å². The lowest BCUT2D eigenvalue weighted by atomic mass is 10.1. The fraction of sp³-hybridized carbons (Fsp3) is 0.375. The van der Waals surface area contributed by atoms with Crippen LogP contribution in [-0.4, -0.2) is 59.9 Å². The van der Waals surface area contributed by atoms with Crippen LogP contribution < -0.4 is 4.74 Å². The average Bonchev–Trinajstić information content (AvgIpc) is 3.46. The Balaban J connectivity index is 1.22. The predicted octanol–water partition coefficient (Wildman–Crippen LogP) is 3.57. The summed E-state index contributed by atoms with van der Waals surface area (Å²) in [5, 5.41) is 2.69. The van der Waals surface area contributed by atoms with Gasteiger partial charge in [-0.05, 0) is 43.2 Å². The molecule has 8 heteroatoms. The number of carbonyl (C=O) groups excluding carboxylic acids is 2. The molecule has 1 aromatic carbocycles. The van der Waals surface area contributed by atoms with E-state index in [4.69, 9.17) is 9.15 Å². The number of piperazine rings is 1. The fourth-order valence-corrected chi connectivity index (χ4v) is 4.50. The zero-order valence-corrected chi connectivity index (χ0v) is 19.2. The maximum absolute atomic E-state index is 12.7. The molecule has 0 N–H and O–H groups in total. The first kappa shape index (κ1) is 22.1. The van der Waals surface area contributed by atoms with E-state index in [1.165, 1.54) is 11.3 Å². The molecule has 7 nitrogen and oxygen atoms in total. The lowest BCUT2D eigenvalue weighted by Crippen LogP contribution is -2.51. The van der Waals surface area contributed by atoms with Crippen LogP contribution in [0.3, 0.4) is 0 Å². The molecule has 0 saturated carbocycles. The first-order chi connectivity index (χ1) is 15.5. The smallest absolute Gasteiger partial charge is 0.228 e. The number of hydrogen-bond donors (Lipinski definition) is 0. The van der Waals surface area contributed by atoms with Gasteiger partial charge < -0.3 is 19.0 Å². The van der Waals surface area contributed by atoms with Crippen LogP contribution in [0.5, 0.6) is 5.75 Å². The lowest BCUT2D eigenvalue weighted by molar-refractivity contribution is -0.139. The van der Waals surface area contributed by atoms with Gasteiger partial charge in [-0.25, -0.2) is 4.98 Å². The van der Waals surface area contributed by atoms with E-state index in [0.717, 1.165) is 33.5 Å². The Hall–Kier alpha value is -3.13. The van der Waals surface area contributed by atoms with Crippen LogP contribution >= 0.6 is 11.3 Å². The Morgan fingerprint density at radius 3 is 2.34 bits per heavy atom. The number of methoxy groups -OCH3 is 1. The van der Waals surface area contributed by atoms with Crippen LogP contribution in [0.4, 0.5) is 0 Å². The summed E-state index contributed by atoms with van der Waals surface area (Å²) in [5.41, 5.74) is 1.86. The largest absolute Gasteiger partial charge is 0.497 e. The number of amides is 2. The van der Waals surface area contributed by atoms with E-state index in [0.29, 0.717) is 39.0 Å². The number of nitrogens with zero attached hydrogens (tertiary/aromatic N) is 3. The van der Waals surface area contributed by atoms with Crippen molar-refractivity contribution in [2.24, 2.45) is 0 Å². The van der Waals surface area contributed by atoms with Crippen LogP contribution in [0.1, 0.15) is 23.4 Å². The monoisotopic (exact) mass is 453 g/mol. The van der Waals surface area contributed by atoms with E-state index < -0.39 is 0 Å². The van der Waals surface area contributed by atoms with E-state index in [2.05, 4.69) is 4.98 Å². The zero-order chi connectivity index (χ0) is 22.5. The van der Waals surface area contributed by atoms with Gasteiger partial charge in [-0.3, -0.25) is 9.59 Å². The molecule has 0 radical (unpaired) electrons. The summed E-state index contributed by atoms with van der Waals surface area (Å²) in [6.07, 6.45) is 1.43. The fourth-order valence-electron chi connectivity index (χ4n) is 3.72. The van der Waals surface area contributed by atoms with Crippen molar-refractivity contribution in [2.45, 2.75) is 26.2 Å². The van der Waals surface area contributed by atoms with Crippen LogP contribution in [0, 0.1) is 6.92 Å². The van der Waals surface area contributed by atoms with Gasteiger partial charge in [0.15, 0.2) is 10.8 Å². The van der Waals surface area contributed by atoms with E-state index in [1.54, 1.807) is 7.11 Å². The van der Waals surface area contributed by atoms with Crippen molar-refractivity contribution >= 4 is 23.2 Å². The lowest BCUT2D eigenvalue weighted by Gasteiger charge is -2.34. The molecule has 4 rings (SSSR count). The minimum atomic E-state index is 0.0443. The number of aryl methyl sites for hydroxylation is 2. The standard InChI is InChI=1S/C24H27N3O4S/c1-17-3-9-21(31-17)24-25-19(16-32-24)15-23(29)27-13-11-26(12-14-27)22(28)10-6-18-4-7-20(30-2)8-5-18/h3-5,7-9,16H,6,10-15H2,1-2H3. The van der Waals surface area contributed by atoms with Gasteiger partial charge >= 0.3 is 0 Å². The second-order valence-electron chi connectivity index (χ2n) is 7.84. The van der Waals surface area contributed by atoms with Gasteiger partial charge in [-0.2, -0.15) is 0 Å². The van der Waals surface area contributed by atoms with E-state index >= 15 is 0 Å². The van der Waals surface area contributed by atoms with Gasteiger partial charge in [0, 0.05) is 38.0 Å². The molecule has 3 aromatic rings. The van der Waals surface area contributed by atoms with Gasteiger partial charge in [0.05, 0.1) is 19.2 Å². The van der Waals surface area contributed by atoms with Crippen molar-refractivity contribution < 1.29 is 18.7 Å². The SMILES string of the molecule is COc1ccc(CCC(=O)N2CCN(C(=O)Cc3csc(-c4ccc(C)o4)n3)CC2)cc1. The Bertz CT molecular complexity index is 1070. The van der Waals surface area contributed by atoms with E-state index in [1.807, 2.05) is 58.5 Å². The minimum Gasteiger partial charge on any atom is -0.497 e. The van der Waals surface area contributed by atoms with Crippen LogP contribution in [0.25, 0.3) is 10.8 Å². The van der Waals surface area contributed by atoms with Crippen molar-refractivity contribution in [1.82, 2.24) is 14.8 Å². The highest BCUT2D eigenvalue weighted by Crippen LogP contribution is 2.26. The maximum atomic E-state index is 12.7. The summed E-state index contributed by atoms with van der Waals surface area (Å²) >= 11 is 1.48. The van der Waals surface area contributed by atoms with Gasteiger partial charge in [-0.15, -0.1) is 11.3 Å². The third kappa shape index (κ3) is 5.37. The summed E-state index contributed by atoms with van der Waals surface area (Å²) in [7, 11) is 1.64. The summed E-state index contributed by atoms with van der Waals surface area (Å²) < 4.78 is 10.8. The second kappa shape index (κ2) is 9.99. The molecule has 0 spiro atoms. The summed E-state index contributed by atoms with van der Waals surface area (Å²) in [5.74, 6) is 2.55. The Morgan fingerprint density at radius 1 is 1.03 bits per heavy atom. The number of rotatable bonds is 7. The van der Waals surface area contributed by atoms with Crippen molar-refractivity contribution in [2.75, 3.05) is 33.3 Å². The number of furan rings is 1. The summed E-state index contributed by atoms with van der Waals surface area (Å²) in [6, 6.07) is 11.6. The second-order valence-corrected chi connectivity index (χ2v) is 8.70. The number of hydrogen-bond acceptors (Lipinski definition) is 6. The highest BCUT2D eigenvalue weighted by atomic mass is 32.1. The van der Waals surface area contributed by atoms with Crippen LogP contribution in [0.15, 0.2) is 46.2 Å². The number of aromatic nitrogens is 1. The molecule has 0 atom stereocenters. The molecule has 1 aliphatic heterocycles. The summed E-state index contributed by atoms with van der Waals surface area (Å²) in [6.45, 7) is 4.15. The molecule has 168 valence electrons. The molecule has 0 unspecified atom stereocenters. The molecule has 2 amide bonds. The topological polar surface area (TPSA) is 75.9 Å². The van der Waals surface area contributed by atoms with Gasteiger partial charge in [0.1, 0.15) is 11.5 Å². The van der Waals surface area contributed by atoms with Gasteiger partial charge in [-0.1, -0.05) is 12.1 Å². The number of benzene rings is 1. The molecule has 1 aliphatic rings. The normalized spacial score (nSPS) is 13.9. The van der Waals surface area contributed by atoms with E-state index in [9.17, 15) is 9.59 Å². The Labute approximate surface area is 191 Å². The molecule has 1 saturated heterocycles. The first-order valence-corrected chi connectivity index (χ1v) is 11.6. The zero-order valence-electron chi connectivity index (χ0n) is 18.4. The third-order valence-corrected chi connectivity index (χ3v) is 6.51. The highest BCUT2D eigenvalue weighted by Gasteiger charge is 2.24. The van der Waals surface area contributed by atoms with Crippen LogP contribution in [0.2, 0.25) is 0 Å². The number of ether oxygens (including phenoxy) is 1. The molecule has 32 heavy (non-hydrogen) atoms. The third-order valence-electron chi connectivity index (χ3n) is 5.61. The molecule has 2 aromatic heterocycles. The Morgan fingerprint density at radius 2 is 1.72 bits per heavy atom. The first-order valence-electron chi connectivity index (χ1n) is 10.7. The summed E-state index contributed by atoms with van der Waals surface area (Å²) in [4.78, 5) is 33.5. The molecule has 1 fully saturated rings. The van der Waals surface area contributed by atoms with Gasteiger partial charge in [0.25, 0.3) is 0 Å². The maximum Gasteiger partial charge on any atom is 0.228 e. The van der Waals surface area contributed by atoms with E-state index in [-0.39, 0.29) is 18.2 Å². The van der Waals surface area contributed by atoms with Crippen molar-refractivity contribution in [1.29, 1.82) is 0 Å². The minimum absolute atomic E-state index is 0.0443. The quantitative estimate of drug-likeness (QED) is 0.547. The van der Waals surface area contributed by atoms with Crippen molar-refractivity contribution in [3.05, 3.63) is 58.8 Å². The molecular formula is C24H27N3O4S. The predicted molar refractivity (Wildman–Crippen MR) is 123 cm³/mol. The Kier molecular flexibility index (Phi) is 6.90. The molecule has 0 aliphatic carbocycles. The van der Waals surface area contributed by atoms with Crippen molar-refractivity contribution in [3.63, 3.8) is 0 Å². The molecular weight excluding hydrogens is 426 g/mol. The number of thiazole rings is 1. The molecule has 3 heterocycles. The molecule has 0 bridgehead atoms. The highest BCUT2D eigenvalue weighted by molar-refractivity contribution is 7.13. The average molecular weight is 454 g/mol.